The highest BCUT2D eigenvalue weighted by Crippen LogP contribution is 1.98. The standard InChI is InChI=1S/C12H25N5O3S/c13-5-2-1-3-8(14)12(20)16-6-4-10(18)17-9(7-21)11(15)19/h8-9,21H,1-7,13-14H2,(H2,15,19)(H,16,20)(H,17,18). The van der Waals surface area contributed by atoms with Gasteiger partial charge >= 0.3 is 0 Å². The smallest absolute Gasteiger partial charge is 0.240 e. The van der Waals surface area contributed by atoms with Crippen molar-refractivity contribution < 1.29 is 14.4 Å². The van der Waals surface area contributed by atoms with Crippen LogP contribution in [0.1, 0.15) is 25.7 Å². The lowest BCUT2D eigenvalue weighted by Gasteiger charge is -2.14. The van der Waals surface area contributed by atoms with Crippen molar-refractivity contribution in [1.29, 1.82) is 0 Å². The summed E-state index contributed by atoms with van der Waals surface area (Å²) in [5.74, 6) is -1.21. The van der Waals surface area contributed by atoms with Gasteiger partial charge in [0, 0.05) is 18.7 Å². The van der Waals surface area contributed by atoms with Gasteiger partial charge in [0.25, 0.3) is 0 Å². The van der Waals surface area contributed by atoms with Crippen LogP contribution in [0.5, 0.6) is 0 Å². The molecule has 0 saturated carbocycles. The van der Waals surface area contributed by atoms with Crippen LogP contribution < -0.4 is 27.8 Å². The van der Waals surface area contributed by atoms with Crippen molar-refractivity contribution in [3.05, 3.63) is 0 Å². The molecule has 0 spiro atoms. The summed E-state index contributed by atoms with van der Waals surface area (Å²) in [7, 11) is 0. The van der Waals surface area contributed by atoms with Crippen LogP contribution in [0.4, 0.5) is 0 Å². The Balaban J connectivity index is 3.89. The predicted octanol–water partition coefficient (Wildman–Crippen LogP) is -2.15. The van der Waals surface area contributed by atoms with Gasteiger partial charge in [0.15, 0.2) is 0 Å². The van der Waals surface area contributed by atoms with E-state index in [2.05, 4.69) is 23.3 Å². The van der Waals surface area contributed by atoms with Crippen molar-refractivity contribution in [2.24, 2.45) is 17.2 Å². The fourth-order valence-electron chi connectivity index (χ4n) is 1.54. The van der Waals surface area contributed by atoms with Gasteiger partial charge in [-0.05, 0) is 19.4 Å². The van der Waals surface area contributed by atoms with Crippen LogP contribution in [0.2, 0.25) is 0 Å². The van der Waals surface area contributed by atoms with Crippen LogP contribution in [0.3, 0.4) is 0 Å². The highest BCUT2D eigenvalue weighted by molar-refractivity contribution is 7.80. The lowest BCUT2D eigenvalue weighted by atomic mass is 10.1. The van der Waals surface area contributed by atoms with E-state index in [4.69, 9.17) is 17.2 Å². The van der Waals surface area contributed by atoms with Crippen LogP contribution in [0, 0.1) is 0 Å². The number of rotatable bonds is 11. The third kappa shape index (κ3) is 9.27. The molecule has 0 aliphatic rings. The quantitative estimate of drug-likeness (QED) is 0.189. The van der Waals surface area contributed by atoms with E-state index in [-0.39, 0.29) is 30.5 Å². The van der Waals surface area contributed by atoms with Gasteiger partial charge in [-0.1, -0.05) is 6.42 Å². The van der Waals surface area contributed by atoms with Gasteiger partial charge in [-0.25, -0.2) is 0 Å². The number of nitrogens with one attached hydrogen (secondary N) is 2. The molecule has 0 heterocycles. The monoisotopic (exact) mass is 319 g/mol. The van der Waals surface area contributed by atoms with Gasteiger partial charge in [-0.15, -0.1) is 0 Å². The molecule has 0 aromatic rings. The highest BCUT2D eigenvalue weighted by atomic mass is 32.1. The van der Waals surface area contributed by atoms with E-state index in [1.165, 1.54) is 0 Å². The number of unbranched alkanes of at least 4 members (excludes halogenated alkanes) is 1. The molecule has 8 nitrogen and oxygen atoms in total. The maximum Gasteiger partial charge on any atom is 0.240 e. The first-order chi connectivity index (χ1) is 9.92. The molecular formula is C12H25N5O3S. The second-order valence-electron chi connectivity index (χ2n) is 4.64. The largest absolute Gasteiger partial charge is 0.368 e. The lowest BCUT2D eigenvalue weighted by molar-refractivity contribution is -0.127. The predicted molar refractivity (Wildman–Crippen MR) is 83.5 cm³/mol. The van der Waals surface area contributed by atoms with E-state index >= 15 is 0 Å². The molecule has 2 atom stereocenters. The SMILES string of the molecule is NCCCCC(N)C(=O)NCCC(=O)NC(CS)C(N)=O. The third-order valence-electron chi connectivity index (χ3n) is 2.82. The first-order valence-corrected chi connectivity index (χ1v) is 7.48. The average molecular weight is 319 g/mol. The topological polar surface area (TPSA) is 153 Å². The Morgan fingerprint density at radius 1 is 1.19 bits per heavy atom. The number of primary amides is 1. The van der Waals surface area contributed by atoms with Crippen LogP contribution in [-0.4, -0.2) is 48.6 Å². The minimum Gasteiger partial charge on any atom is -0.368 e. The molecule has 2 unspecified atom stereocenters. The molecule has 3 amide bonds. The second-order valence-corrected chi connectivity index (χ2v) is 5.00. The van der Waals surface area contributed by atoms with Crippen LogP contribution in [0.25, 0.3) is 0 Å². The Morgan fingerprint density at radius 2 is 1.86 bits per heavy atom. The van der Waals surface area contributed by atoms with Gasteiger partial charge in [0.2, 0.25) is 17.7 Å². The van der Waals surface area contributed by atoms with Gasteiger partial charge in [0.05, 0.1) is 6.04 Å². The highest BCUT2D eigenvalue weighted by Gasteiger charge is 2.17. The molecule has 0 bridgehead atoms. The van der Waals surface area contributed by atoms with Crippen LogP contribution in [-0.2, 0) is 14.4 Å². The molecule has 8 N–H and O–H groups in total. The third-order valence-corrected chi connectivity index (χ3v) is 3.18. The zero-order valence-electron chi connectivity index (χ0n) is 12.0. The number of carbonyl (C=O) groups is 3. The number of hydrogen-bond donors (Lipinski definition) is 6. The fraction of sp³-hybridized carbons (Fsp3) is 0.750. The number of thiol groups is 1. The molecule has 0 aromatic carbocycles. The first-order valence-electron chi connectivity index (χ1n) is 6.85. The van der Waals surface area contributed by atoms with E-state index in [0.717, 1.165) is 12.8 Å². The van der Waals surface area contributed by atoms with Crippen molar-refractivity contribution in [3.63, 3.8) is 0 Å². The Labute approximate surface area is 130 Å². The summed E-state index contributed by atoms with van der Waals surface area (Å²) in [6, 6.07) is -1.41. The van der Waals surface area contributed by atoms with Gasteiger partial charge in [-0.2, -0.15) is 12.6 Å². The summed E-state index contributed by atoms with van der Waals surface area (Å²) in [6.07, 6.45) is 2.20. The van der Waals surface area contributed by atoms with Gasteiger partial charge < -0.3 is 27.8 Å². The molecule has 0 aromatic heterocycles. The normalized spacial score (nSPS) is 13.3. The molecule has 0 aliphatic heterocycles. The van der Waals surface area contributed by atoms with E-state index in [1.54, 1.807) is 0 Å². The molecule has 0 rings (SSSR count). The minimum absolute atomic E-state index is 0.0405. The number of amides is 3. The van der Waals surface area contributed by atoms with Crippen molar-refractivity contribution in [2.45, 2.75) is 37.8 Å². The maximum absolute atomic E-state index is 11.6. The van der Waals surface area contributed by atoms with Crippen LogP contribution >= 0.6 is 12.6 Å². The Kier molecular flexibility index (Phi) is 10.6. The summed E-state index contributed by atoms with van der Waals surface area (Å²) in [6.45, 7) is 0.716. The first kappa shape index (κ1) is 19.7. The Bertz CT molecular complexity index is 354. The molecule has 0 radical (unpaired) electrons. The average Bonchev–Trinajstić information content (AvgIpc) is 2.44. The summed E-state index contributed by atoms with van der Waals surface area (Å²) in [4.78, 5) is 34.1. The zero-order chi connectivity index (χ0) is 16.3. The van der Waals surface area contributed by atoms with Gasteiger partial charge in [0.1, 0.15) is 6.04 Å². The van der Waals surface area contributed by atoms with Crippen LogP contribution in [0.15, 0.2) is 0 Å². The number of hydrogen-bond acceptors (Lipinski definition) is 6. The number of carbonyl (C=O) groups excluding carboxylic acids is 3. The Hall–Kier alpha value is -1.32. The van der Waals surface area contributed by atoms with Crippen molar-refractivity contribution in [3.8, 4) is 0 Å². The van der Waals surface area contributed by atoms with Crippen molar-refractivity contribution >= 4 is 30.4 Å². The summed E-state index contributed by atoms with van der Waals surface area (Å²) >= 11 is 3.91. The molecule has 21 heavy (non-hydrogen) atoms. The van der Waals surface area contributed by atoms with E-state index in [1.807, 2.05) is 0 Å². The minimum atomic E-state index is -0.810. The number of nitrogens with two attached hydrogens (primary N) is 3. The fourth-order valence-corrected chi connectivity index (χ4v) is 1.81. The summed E-state index contributed by atoms with van der Waals surface area (Å²) < 4.78 is 0. The van der Waals surface area contributed by atoms with Crippen molar-refractivity contribution in [2.75, 3.05) is 18.8 Å². The van der Waals surface area contributed by atoms with Gasteiger partial charge in [-0.3, -0.25) is 14.4 Å². The van der Waals surface area contributed by atoms with E-state index < -0.39 is 18.0 Å². The molecule has 0 saturated heterocycles. The zero-order valence-corrected chi connectivity index (χ0v) is 12.9. The lowest BCUT2D eigenvalue weighted by Crippen LogP contribution is -2.47. The molecule has 0 aliphatic carbocycles. The molecule has 9 heteroatoms. The Morgan fingerprint density at radius 3 is 2.38 bits per heavy atom. The molecular weight excluding hydrogens is 294 g/mol. The summed E-state index contributed by atoms with van der Waals surface area (Å²) in [5, 5.41) is 4.99. The summed E-state index contributed by atoms with van der Waals surface area (Å²) in [5.41, 5.74) is 16.1. The second kappa shape index (κ2) is 11.4. The maximum atomic E-state index is 11.6. The van der Waals surface area contributed by atoms with Crippen molar-refractivity contribution in [1.82, 2.24) is 10.6 Å². The van der Waals surface area contributed by atoms with E-state index in [9.17, 15) is 14.4 Å². The molecule has 0 fully saturated rings. The molecule has 122 valence electrons. The van der Waals surface area contributed by atoms with E-state index in [0.29, 0.717) is 13.0 Å².